The van der Waals surface area contributed by atoms with E-state index in [0.29, 0.717) is 5.56 Å². The topological polar surface area (TPSA) is 39.6 Å². The van der Waals surface area contributed by atoms with Crippen molar-refractivity contribution in [3.63, 3.8) is 0 Å². The van der Waals surface area contributed by atoms with Crippen molar-refractivity contribution in [2.24, 2.45) is 0 Å². The smallest absolute Gasteiger partial charge is 0.101 e. The Morgan fingerprint density at radius 2 is 1.90 bits per heavy atom. The maximum Gasteiger partial charge on any atom is 0.101 e. The predicted octanol–water partition coefficient (Wildman–Crippen LogP) is 4.59. The molecule has 2 aromatic carbocycles. The highest BCUT2D eigenvalue weighted by Crippen LogP contribution is 2.27. The largest absolute Gasteiger partial charge is 0.357 e. The van der Waals surface area contributed by atoms with E-state index >= 15 is 0 Å². The molecular weight excluding hydrogens is 268 g/mol. The summed E-state index contributed by atoms with van der Waals surface area (Å²) in [6.45, 7) is 2.05. The third kappa shape index (κ3) is 2.17. The van der Waals surface area contributed by atoms with Crippen molar-refractivity contribution < 1.29 is 0 Å². The number of nitrogens with one attached hydrogen (secondary N) is 1. The predicted molar refractivity (Wildman–Crippen MR) is 82.0 cm³/mol. The summed E-state index contributed by atoms with van der Waals surface area (Å²) < 4.78 is 0. The van der Waals surface area contributed by atoms with Crippen molar-refractivity contribution in [2.75, 3.05) is 0 Å². The first-order valence-electron chi connectivity index (χ1n) is 6.44. The molecule has 2 nitrogen and oxygen atoms in total. The molecule has 3 rings (SSSR count). The first-order chi connectivity index (χ1) is 9.69. The van der Waals surface area contributed by atoms with Gasteiger partial charge in [0.25, 0.3) is 0 Å². The van der Waals surface area contributed by atoms with Crippen molar-refractivity contribution in [3.8, 4) is 6.07 Å². The monoisotopic (exact) mass is 280 g/mol. The summed E-state index contributed by atoms with van der Waals surface area (Å²) in [6, 6.07) is 15.9. The summed E-state index contributed by atoms with van der Waals surface area (Å²) in [5.41, 5.74) is 5.17. The van der Waals surface area contributed by atoms with Gasteiger partial charge in [-0.25, -0.2) is 0 Å². The number of aromatic nitrogens is 1. The molecule has 0 unspecified atom stereocenters. The average Bonchev–Trinajstić information content (AvgIpc) is 2.77. The zero-order valence-corrected chi connectivity index (χ0v) is 11.8. The molecule has 0 bridgehead atoms. The number of rotatable bonds is 2. The second-order valence-electron chi connectivity index (χ2n) is 4.87. The number of para-hydroxylation sites is 1. The Morgan fingerprint density at radius 1 is 1.15 bits per heavy atom. The molecule has 0 spiro atoms. The van der Waals surface area contributed by atoms with Gasteiger partial charge in [-0.05, 0) is 42.7 Å². The lowest BCUT2D eigenvalue weighted by atomic mass is 10.0. The first kappa shape index (κ1) is 12.8. The van der Waals surface area contributed by atoms with Crippen LogP contribution in [0.15, 0.2) is 42.5 Å². The van der Waals surface area contributed by atoms with Gasteiger partial charge in [0.15, 0.2) is 0 Å². The molecule has 0 saturated carbocycles. The van der Waals surface area contributed by atoms with Gasteiger partial charge in [-0.2, -0.15) is 5.26 Å². The maximum atomic E-state index is 9.17. The lowest BCUT2D eigenvalue weighted by molar-refractivity contribution is 1.15. The molecule has 3 aromatic rings. The summed E-state index contributed by atoms with van der Waals surface area (Å²) in [7, 11) is 0. The standard InChI is InChI=1S/C17H13ClN2/c1-11-16(9-12-5-7-14(18)8-6-12)15-4-2-3-13(10-19)17(15)20-11/h2-8,20H,9H2,1H3. The zero-order valence-electron chi connectivity index (χ0n) is 11.1. The number of aromatic amines is 1. The fraction of sp³-hybridized carbons (Fsp3) is 0.118. The van der Waals surface area contributed by atoms with Crippen molar-refractivity contribution in [1.82, 2.24) is 4.98 Å². The highest BCUT2D eigenvalue weighted by molar-refractivity contribution is 6.30. The van der Waals surface area contributed by atoms with Crippen LogP contribution in [0, 0.1) is 18.3 Å². The molecular formula is C17H13ClN2. The van der Waals surface area contributed by atoms with E-state index in [9.17, 15) is 5.26 Å². The third-order valence-corrected chi connectivity index (χ3v) is 3.82. The van der Waals surface area contributed by atoms with Gasteiger partial charge in [-0.1, -0.05) is 35.9 Å². The van der Waals surface area contributed by atoms with Crippen LogP contribution in [0.5, 0.6) is 0 Å². The molecule has 0 aliphatic rings. The summed E-state index contributed by atoms with van der Waals surface area (Å²) in [4.78, 5) is 3.33. The molecule has 1 aromatic heterocycles. The fourth-order valence-electron chi connectivity index (χ4n) is 2.53. The number of nitriles is 1. The molecule has 20 heavy (non-hydrogen) atoms. The summed E-state index contributed by atoms with van der Waals surface area (Å²) >= 11 is 5.92. The molecule has 1 N–H and O–H groups in total. The van der Waals surface area contributed by atoms with Crippen molar-refractivity contribution >= 4 is 22.5 Å². The van der Waals surface area contributed by atoms with E-state index in [1.807, 2.05) is 43.3 Å². The summed E-state index contributed by atoms with van der Waals surface area (Å²) in [6.07, 6.45) is 0.831. The van der Waals surface area contributed by atoms with Gasteiger partial charge >= 0.3 is 0 Å². The Balaban J connectivity index is 2.10. The minimum absolute atomic E-state index is 0.688. The quantitative estimate of drug-likeness (QED) is 0.732. The van der Waals surface area contributed by atoms with Crippen molar-refractivity contribution in [3.05, 3.63) is 69.9 Å². The Morgan fingerprint density at radius 3 is 2.60 bits per heavy atom. The van der Waals surface area contributed by atoms with Crippen LogP contribution in [0.2, 0.25) is 5.02 Å². The van der Waals surface area contributed by atoms with Crippen LogP contribution in [0.1, 0.15) is 22.4 Å². The van der Waals surface area contributed by atoms with E-state index in [1.54, 1.807) is 0 Å². The van der Waals surface area contributed by atoms with Gasteiger partial charge in [0.2, 0.25) is 0 Å². The van der Waals surface area contributed by atoms with Crippen LogP contribution in [-0.4, -0.2) is 4.98 Å². The van der Waals surface area contributed by atoms with Crippen molar-refractivity contribution in [1.29, 1.82) is 5.26 Å². The van der Waals surface area contributed by atoms with E-state index in [4.69, 9.17) is 11.6 Å². The maximum absolute atomic E-state index is 9.17. The van der Waals surface area contributed by atoms with Crippen LogP contribution in [0.25, 0.3) is 10.9 Å². The fourth-order valence-corrected chi connectivity index (χ4v) is 2.66. The number of benzene rings is 2. The molecule has 0 aliphatic carbocycles. The van der Waals surface area contributed by atoms with Crippen molar-refractivity contribution in [2.45, 2.75) is 13.3 Å². The Kier molecular flexibility index (Phi) is 3.22. The Hall–Kier alpha value is -2.24. The number of fused-ring (bicyclic) bond motifs is 1. The second-order valence-corrected chi connectivity index (χ2v) is 5.31. The number of H-pyrrole nitrogens is 1. The minimum atomic E-state index is 0.688. The highest BCUT2D eigenvalue weighted by Gasteiger charge is 2.11. The Labute approximate surface area is 122 Å². The first-order valence-corrected chi connectivity index (χ1v) is 6.81. The van der Waals surface area contributed by atoms with Gasteiger partial charge in [-0.3, -0.25) is 0 Å². The molecule has 0 aliphatic heterocycles. The SMILES string of the molecule is Cc1[nH]c2c(C#N)cccc2c1Cc1ccc(Cl)cc1. The van der Waals surface area contributed by atoms with E-state index in [-0.39, 0.29) is 0 Å². The normalized spacial score (nSPS) is 10.7. The number of aryl methyl sites for hydroxylation is 1. The summed E-state index contributed by atoms with van der Waals surface area (Å²) in [5, 5.41) is 11.0. The molecule has 0 atom stereocenters. The van der Waals surface area contributed by atoms with E-state index in [0.717, 1.165) is 28.0 Å². The number of hydrogen-bond donors (Lipinski definition) is 1. The van der Waals surface area contributed by atoms with Crippen LogP contribution in [-0.2, 0) is 6.42 Å². The molecule has 98 valence electrons. The lowest BCUT2D eigenvalue weighted by Gasteiger charge is -2.03. The summed E-state index contributed by atoms with van der Waals surface area (Å²) in [5.74, 6) is 0. The van der Waals surface area contributed by atoms with E-state index < -0.39 is 0 Å². The molecule has 0 fully saturated rings. The number of halogens is 1. The molecule has 0 radical (unpaired) electrons. The lowest BCUT2D eigenvalue weighted by Crippen LogP contribution is -1.89. The Bertz CT molecular complexity index is 807. The highest BCUT2D eigenvalue weighted by atomic mass is 35.5. The molecule has 1 heterocycles. The second kappa shape index (κ2) is 5.03. The zero-order chi connectivity index (χ0) is 14.1. The minimum Gasteiger partial charge on any atom is -0.357 e. The number of hydrogen-bond acceptors (Lipinski definition) is 1. The van der Waals surface area contributed by atoms with Crippen LogP contribution >= 0.6 is 11.6 Å². The van der Waals surface area contributed by atoms with Gasteiger partial charge in [0.05, 0.1) is 11.1 Å². The molecule has 0 saturated heterocycles. The van der Waals surface area contributed by atoms with Crippen LogP contribution in [0.3, 0.4) is 0 Å². The molecule has 3 heteroatoms. The average molecular weight is 281 g/mol. The number of nitrogens with zero attached hydrogens (tertiary/aromatic N) is 1. The van der Waals surface area contributed by atoms with Crippen LogP contribution < -0.4 is 0 Å². The van der Waals surface area contributed by atoms with E-state index in [1.165, 1.54) is 11.1 Å². The van der Waals surface area contributed by atoms with Gasteiger partial charge in [0.1, 0.15) is 6.07 Å². The van der Waals surface area contributed by atoms with E-state index in [2.05, 4.69) is 17.1 Å². The van der Waals surface area contributed by atoms with Gasteiger partial charge in [0, 0.05) is 16.1 Å². The molecule has 0 amide bonds. The van der Waals surface area contributed by atoms with Gasteiger partial charge in [-0.15, -0.1) is 0 Å². The van der Waals surface area contributed by atoms with Gasteiger partial charge < -0.3 is 4.98 Å². The third-order valence-electron chi connectivity index (χ3n) is 3.57. The van der Waals surface area contributed by atoms with Crippen LogP contribution in [0.4, 0.5) is 0 Å².